The maximum atomic E-state index is 5.37. The number of halogens is 1. The van der Waals surface area contributed by atoms with Gasteiger partial charge in [0.05, 0.1) is 5.92 Å². The van der Waals surface area contributed by atoms with Crippen molar-refractivity contribution in [1.82, 2.24) is 15.5 Å². The third-order valence-electron chi connectivity index (χ3n) is 3.21. The molecule has 0 fully saturated rings. The molecule has 0 aliphatic rings. The van der Waals surface area contributed by atoms with Crippen LogP contribution in [0, 0.1) is 0 Å². The quantitative estimate of drug-likeness (QED) is 0.913. The summed E-state index contributed by atoms with van der Waals surface area (Å²) in [5, 5.41) is 7.42. The van der Waals surface area contributed by atoms with Gasteiger partial charge in [-0.15, -0.1) is 0 Å². The first-order valence-electron chi connectivity index (χ1n) is 6.44. The Bertz CT molecular complexity index is 524. The van der Waals surface area contributed by atoms with Crippen molar-refractivity contribution >= 4 is 15.9 Å². The largest absolute Gasteiger partial charge is 0.339 e. The molecule has 1 heterocycles. The zero-order chi connectivity index (χ0) is 13.8. The number of likely N-dealkylation sites (N-methyl/N-ethyl adjacent to an activating group) is 1. The molecule has 2 unspecified atom stereocenters. The fraction of sp³-hybridized carbons (Fsp3) is 0.429. The molecule has 1 N–H and O–H groups in total. The van der Waals surface area contributed by atoms with Crippen molar-refractivity contribution in [3.8, 4) is 11.4 Å². The molecular formula is C14H18BrN3O. The van der Waals surface area contributed by atoms with Crippen LogP contribution in [0.3, 0.4) is 0 Å². The summed E-state index contributed by atoms with van der Waals surface area (Å²) in [6.45, 7) is 7.23. The van der Waals surface area contributed by atoms with Gasteiger partial charge in [-0.3, -0.25) is 0 Å². The Labute approximate surface area is 121 Å². The van der Waals surface area contributed by atoms with E-state index in [9.17, 15) is 0 Å². The van der Waals surface area contributed by atoms with E-state index in [1.54, 1.807) is 0 Å². The monoisotopic (exact) mass is 323 g/mol. The SMILES string of the molecule is CCNC(C)C(C)c1nc(-c2ccc(Br)cc2)no1. The van der Waals surface area contributed by atoms with Gasteiger partial charge in [0, 0.05) is 16.1 Å². The van der Waals surface area contributed by atoms with Crippen LogP contribution in [0.2, 0.25) is 0 Å². The first kappa shape index (κ1) is 14.2. The smallest absolute Gasteiger partial charge is 0.231 e. The summed E-state index contributed by atoms with van der Waals surface area (Å²) in [6.07, 6.45) is 0. The van der Waals surface area contributed by atoms with E-state index in [0.717, 1.165) is 16.6 Å². The number of hydrogen-bond donors (Lipinski definition) is 1. The standard InChI is InChI=1S/C14H18BrN3O/c1-4-16-10(3)9(2)14-17-13(18-19-14)11-5-7-12(15)8-6-11/h5-10,16H,4H2,1-3H3. The minimum atomic E-state index is 0.191. The highest BCUT2D eigenvalue weighted by atomic mass is 79.9. The lowest BCUT2D eigenvalue weighted by molar-refractivity contribution is 0.332. The Morgan fingerprint density at radius 1 is 1.26 bits per heavy atom. The van der Waals surface area contributed by atoms with Gasteiger partial charge >= 0.3 is 0 Å². The second-order valence-corrected chi connectivity index (χ2v) is 5.51. The molecule has 2 aromatic rings. The van der Waals surface area contributed by atoms with E-state index in [1.165, 1.54) is 0 Å². The van der Waals surface area contributed by atoms with Crippen LogP contribution in [-0.4, -0.2) is 22.7 Å². The molecule has 0 saturated carbocycles. The second-order valence-electron chi connectivity index (χ2n) is 4.60. The van der Waals surface area contributed by atoms with Gasteiger partial charge in [0.2, 0.25) is 11.7 Å². The number of aromatic nitrogens is 2. The molecule has 0 aliphatic heterocycles. The average molecular weight is 324 g/mol. The molecule has 0 amide bonds. The first-order valence-corrected chi connectivity index (χ1v) is 7.24. The highest BCUT2D eigenvalue weighted by molar-refractivity contribution is 9.10. The number of hydrogen-bond acceptors (Lipinski definition) is 4. The van der Waals surface area contributed by atoms with Crippen LogP contribution >= 0.6 is 15.9 Å². The van der Waals surface area contributed by atoms with Crippen molar-refractivity contribution < 1.29 is 4.52 Å². The minimum Gasteiger partial charge on any atom is -0.339 e. The second kappa shape index (κ2) is 6.30. The van der Waals surface area contributed by atoms with E-state index < -0.39 is 0 Å². The van der Waals surface area contributed by atoms with Crippen molar-refractivity contribution in [3.05, 3.63) is 34.6 Å². The predicted octanol–water partition coefficient (Wildman–Crippen LogP) is 3.60. The van der Waals surface area contributed by atoms with Gasteiger partial charge in [0.25, 0.3) is 0 Å². The van der Waals surface area contributed by atoms with Crippen LogP contribution in [0.4, 0.5) is 0 Å². The number of nitrogens with zero attached hydrogens (tertiary/aromatic N) is 2. The third-order valence-corrected chi connectivity index (χ3v) is 3.74. The zero-order valence-electron chi connectivity index (χ0n) is 11.4. The van der Waals surface area contributed by atoms with Gasteiger partial charge in [-0.05, 0) is 37.7 Å². The highest BCUT2D eigenvalue weighted by Crippen LogP contribution is 2.23. The van der Waals surface area contributed by atoms with Crippen LogP contribution in [-0.2, 0) is 0 Å². The lowest BCUT2D eigenvalue weighted by Gasteiger charge is -2.16. The van der Waals surface area contributed by atoms with Gasteiger partial charge in [0.1, 0.15) is 0 Å². The molecule has 19 heavy (non-hydrogen) atoms. The summed E-state index contributed by atoms with van der Waals surface area (Å²) in [6, 6.07) is 8.18. The summed E-state index contributed by atoms with van der Waals surface area (Å²) in [5.41, 5.74) is 0.960. The van der Waals surface area contributed by atoms with Crippen LogP contribution < -0.4 is 5.32 Å². The normalized spacial score (nSPS) is 14.3. The molecule has 0 bridgehead atoms. The molecule has 2 rings (SSSR count). The molecule has 0 radical (unpaired) electrons. The number of nitrogens with one attached hydrogen (secondary N) is 1. The molecule has 4 nitrogen and oxygen atoms in total. The lowest BCUT2D eigenvalue weighted by atomic mass is 10.0. The molecule has 0 aliphatic carbocycles. The highest BCUT2D eigenvalue weighted by Gasteiger charge is 2.20. The van der Waals surface area contributed by atoms with E-state index >= 15 is 0 Å². The van der Waals surface area contributed by atoms with Gasteiger partial charge in [-0.2, -0.15) is 4.98 Å². The Morgan fingerprint density at radius 3 is 2.58 bits per heavy atom. The van der Waals surface area contributed by atoms with E-state index in [4.69, 9.17) is 4.52 Å². The fourth-order valence-corrected chi connectivity index (χ4v) is 2.11. The summed E-state index contributed by atoms with van der Waals surface area (Å²) < 4.78 is 6.40. The predicted molar refractivity (Wildman–Crippen MR) is 79.0 cm³/mol. The number of rotatable bonds is 5. The number of benzene rings is 1. The van der Waals surface area contributed by atoms with Crippen molar-refractivity contribution in [3.63, 3.8) is 0 Å². The average Bonchev–Trinajstić information content (AvgIpc) is 2.88. The molecule has 2 atom stereocenters. The molecule has 102 valence electrons. The third kappa shape index (κ3) is 3.42. The topological polar surface area (TPSA) is 51.0 Å². The van der Waals surface area contributed by atoms with Crippen LogP contribution in [0.15, 0.2) is 33.3 Å². The van der Waals surface area contributed by atoms with E-state index in [2.05, 4.69) is 52.2 Å². The lowest BCUT2D eigenvalue weighted by Crippen LogP contribution is -2.30. The summed E-state index contributed by atoms with van der Waals surface area (Å²) in [4.78, 5) is 4.48. The van der Waals surface area contributed by atoms with Crippen LogP contribution in [0.5, 0.6) is 0 Å². The van der Waals surface area contributed by atoms with E-state index in [0.29, 0.717) is 17.8 Å². The van der Waals surface area contributed by atoms with E-state index in [-0.39, 0.29) is 5.92 Å². The molecule has 0 saturated heterocycles. The summed E-state index contributed by atoms with van der Waals surface area (Å²) >= 11 is 3.41. The zero-order valence-corrected chi connectivity index (χ0v) is 12.9. The fourth-order valence-electron chi connectivity index (χ4n) is 1.85. The first-order chi connectivity index (χ1) is 9.11. The van der Waals surface area contributed by atoms with Crippen molar-refractivity contribution in [2.24, 2.45) is 0 Å². The van der Waals surface area contributed by atoms with Gasteiger partial charge in [-0.1, -0.05) is 34.9 Å². The molecule has 1 aromatic heterocycles. The molecule has 0 spiro atoms. The summed E-state index contributed by atoms with van der Waals surface area (Å²) in [5.74, 6) is 1.50. The van der Waals surface area contributed by atoms with Gasteiger partial charge in [-0.25, -0.2) is 0 Å². The van der Waals surface area contributed by atoms with Crippen molar-refractivity contribution in [2.45, 2.75) is 32.7 Å². The maximum Gasteiger partial charge on any atom is 0.231 e. The van der Waals surface area contributed by atoms with E-state index in [1.807, 2.05) is 24.3 Å². The Balaban J connectivity index is 2.16. The maximum absolute atomic E-state index is 5.37. The molecular weight excluding hydrogens is 306 g/mol. The van der Waals surface area contributed by atoms with Gasteiger partial charge in [0.15, 0.2) is 0 Å². The Kier molecular flexibility index (Phi) is 4.71. The van der Waals surface area contributed by atoms with Gasteiger partial charge < -0.3 is 9.84 Å². The van der Waals surface area contributed by atoms with Crippen LogP contribution in [0.1, 0.15) is 32.6 Å². The minimum absolute atomic E-state index is 0.191. The Morgan fingerprint density at radius 2 is 1.95 bits per heavy atom. The van der Waals surface area contributed by atoms with Crippen LogP contribution in [0.25, 0.3) is 11.4 Å². The molecule has 1 aromatic carbocycles. The Hall–Kier alpha value is -1.20. The summed E-state index contributed by atoms with van der Waals surface area (Å²) in [7, 11) is 0. The molecule has 5 heteroatoms. The van der Waals surface area contributed by atoms with Crippen molar-refractivity contribution in [1.29, 1.82) is 0 Å². The van der Waals surface area contributed by atoms with Crippen molar-refractivity contribution in [2.75, 3.05) is 6.54 Å².